The first-order chi connectivity index (χ1) is 9.47. The van der Waals surface area contributed by atoms with E-state index in [4.69, 9.17) is 27.9 Å². The number of aliphatic hydroxyl groups is 1. The molecule has 0 saturated heterocycles. The van der Waals surface area contributed by atoms with Crippen molar-refractivity contribution in [1.82, 2.24) is 0 Å². The smallest absolute Gasteiger partial charge is 0.165 e. The standard InChI is InChI=1S/C15H13Cl2FO2/c1-9(19)10-3-5-15(14(18)6-10)20-8-11-2-4-12(16)7-13(11)17/h2-7,9,19H,8H2,1H3/t9-/m1/s1. The predicted molar refractivity (Wildman–Crippen MR) is 77.8 cm³/mol. The van der Waals surface area contributed by atoms with Crippen LogP contribution in [0.5, 0.6) is 5.75 Å². The van der Waals surface area contributed by atoms with Gasteiger partial charge in [-0.3, -0.25) is 0 Å². The van der Waals surface area contributed by atoms with Gasteiger partial charge in [-0.05, 0) is 36.8 Å². The highest BCUT2D eigenvalue weighted by atomic mass is 35.5. The van der Waals surface area contributed by atoms with Gasteiger partial charge >= 0.3 is 0 Å². The molecule has 0 aromatic heterocycles. The molecule has 0 aliphatic carbocycles. The zero-order valence-electron chi connectivity index (χ0n) is 10.7. The number of ether oxygens (including phenoxy) is 1. The molecule has 2 aromatic rings. The lowest BCUT2D eigenvalue weighted by atomic mass is 10.1. The topological polar surface area (TPSA) is 29.5 Å². The van der Waals surface area contributed by atoms with E-state index in [0.717, 1.165) is 5.56 Å². The van der Waals surface area contributed by atoms with Crippen LogP contribution in [0.2, 0.25) is 10.0 Å². The summed E-state index contributed by atoms with van der Waals surface area (Å²) in [5.41, 5.74) is 1.22. The largest absolute Gasteiger partial charge is 0.486 e. The maximum Gasteiger partial charge on any atom is 0.165 e. The van der Waals surface area contributed by atoms with E-state index >= 15 is 0 Å². The zero-order chi connectivity index (χ0) is 14.7. The van der Waals surface area contributed by atoms with E-state index in [1.54, 1.807) is 31.2 Å². The molecule has 5 heteroatoms. The van der Waals surface area contributed by atoms with Crippen molar-refractivity contribution in [2.75, 3.05) is 0 Å². The van der Waals surface area contributed by atoms with Crippen molar-refractivity contribution in [1.29, 1.82) is 0 Å². The molecule has 0 spiro atoms. The van der Waals surface area contributed by atoms with Crippen molar-refractivity contribution in [2.45, 2.75) is 19.6 Å². The van der Waals surface area contributed by atoms with E-state index < -0.39 is 11.9 Å². The summed E-state index contributed by atoms with van der Waals surface area (Å²) >= 11 is 11.8. The van der Waals surface area contributed by atoms with Crippen LogP contribution in [0, 0.1) is 5.82 Å². The Kier molecular flexibility index (Phi) is 4.86. The summed E-state index contributed by atoms with van der Waals surface area (Å²) in [4.78, 5) is 0. The normalized spacial score (nSPS) is 12.2. The summed E-state index contributed by atoms with van der Waals surface area (Å²) in [7, 11) is 0. The van der Waals surface area contributed by atoms with Gasteiger partial charge < -0.3 is 9.84 Å². The molecule has 2 aromatic carbocycles. The summed E-state index contributed by atoms with van der Waals surface area (Å²) in [6, 6.07) is 9.39. The number of hydrogen-bond donors (Lipinski definition) is 1. The molecule has 20 heavy (non-hydrogen) atoms. The summed E-state index contributed by atoms with van der Waals surface area (Å²) in [6.07, 6.45) is -0.718. The summed E-state index contributed by atoms with van der Waals surface area (Å²) in [6.45, 7) is 1.71. The number of rotatable bonds is 4. The van der Waals surface area contributed by atoms with Gasteiger partial charge in [-0.1, -0.05) is 35.3 Å². The molecule has 0 aliphatic rings. The van der Waals surface area contributed by atoms with Gasteiger partial charge in [0, 0.05) is 15.6 Å². The van der Waals surface area contributed by atoms with Crippen molar-refractivity contribution in [3.8, 4) is 5.75 Å². The fourth-order valence-corrected chi connectivity index (χ4v) is 2.15. The van der Waals surface area contributed by atoms with Crippen LogP contribution in [0.3, 0.4) is 0 Å². The minimum atomic E-state index is -0.718. The second kappa shape index (κ2) is 6.44. The monoisotopic (exact) mass is 314 g/mol. The minimum Gasteiger partial charge on any atom is -0.486 e. The van der Waals surface area contributed by atoms with Crippen LogP contribution in [0.4, 0.5) is 4.39 Å². The van der Waals surface area contributed by atoms with Gasteiger partial charge in [-0.15, -0.1) is 0 Å². The van der Waals surface area contributed by atoms with Crippen molar-refractivity contribution in [3.63, 3.8) is 0 Å². The highest BCUT2D eigenvalue weighted by Gasteiger charge is 2.09. The molecule has 2 nitrogen and oxygen atoms in total. The van der Waals surface area contributed by atoms with Crippen LogP contribution < -0.4 is 4.74 Å². The first kappa shape index (κ1) is 15.1. The lowest BCUT2D eigenvalue weighted by Gasteiger charge is -2.11. The first-order valence-electron chi connectivity index (χ1n) is 6.01. The van der Waals surface area contributed by atoms with Gasteiger partial charge in [-0.2, -0.15) is 0 Å². The van der Waals surface area contributed by atoms with Crippen molar-refractivity contribution >= 4 is 23.2 Å². The third-order valence-corrected chi connectivity index (χ3v) is 3.42. The maximum absolute atomic E-state index is 13.8. The highest BCUT2D eigenvalue weighted by molar-refractivity contribution is 6.35. The molecule has 106 valence electrons. The fraction of sp³-hybridized carbons (Fsp3) is 0.200. The summed E-state index contributed by atoms with van der Waals surface area (Å²) < 4.78 is 19.2. The van der Waals surface area contributed by atoms with Gasteiger partial charge in [-0.25, -0.2) is 4.39 Å². The van der Waals surface area contributed by atoms with E-state index in [2.05, 4.69) is 0 Å². The molecule has 2 rings (SSSR count). The Bertz CT molecular complexity index is 615. The number of benzene rings is 2. The van der Waals surface area contributed by atoms with Gasteiger partial charge in [0.1, 0.15) is 6.61 Å². The lowest BCUT2D eigenvalue weighted by molar-refractivity contribution is 0.198. The second-order valence-electron chi connectivity index (χ2n) is 4.39. The molecule has 0 heterocycles. The second-order valence-corrected chi connectivity index (χ2v) is 5.23. The molecule has 0 unspecified atom stereocenters. The third-order valence-electron chi connectivity index (χ3n) is 2.84. The SMILES string of the molecule is C[C@@H](O)c1ccc(OCc2ccc(Cl)cc2Cl)c(F)c1. The summed E-state index contributed by atoms with van der Waals surface area (Å²) in [5.74, 6) is -0.408. The Balaban J connectivity index is 2.11. The van der Waals surface area contributed by atoms with Crippen LogP contribution in [-0.4, -0.2) is 5.11 Å². The quantitative estimate of drug-likeness (QED) is 0.881. The van der Waals surface area contributed by atoms with E-state index in [1.807, 2.05) is 0 Å². The molecule has 1 N–H and O–H groups in total. The van der Waals surface area contributed by atoms with Crippen molar-refractivity contribution in [2.24, 2.45) is 0 Å². The van der Waals surface area contributed by atoms with Crippen LogP contribution in [0.15, 0.2) is 36.4 Å². The van der Waals surface area contributed by atoms with E-state index in [-0.39, 0.29) is 12.4 Å². The molecule has 0 fully saturated rings. The number of aliphatic hydroxyl groups excluding tert-OH is 1. The fourth-order valence-electron chi connectivity index (χ4n) is 1.69. The Morgan fingerprint density at radius 3 is 2.55 bits per heavy atom. The minimum absolute atomic E-state index is 0.111. The van der Waals surface area contributed by atoms with E-state index in [1.165, 1.54) is 12.1 Å². The van der Waals surface area contributed by atoms with E-state index in [0.29, 0.717) is 15.6 Å². The van der Waals surface area contributed by atoms with Crippen LogP contribution in [0.1, 0.15) is 24.2 Å². The van der Waals surface area contributed by atoms with Gasteiger partial charge in [0.05, 0.1) is 6.10 Å². The van der Waals surface area contributed by atoms with E-state index in [9.17, 15) is 9.50 Å². The summed E-state index contributed by atoms with van der Waals surface area (Å²) in [5, 5.41) is 10.4. The maximum atomic E-state index is 13.8. The molecular weight excluding hydrogens is 302 g/mol. The lowest BCUT2D eigenvalue weighted by Crippen LogP contribution is -2.00. The Morgan fingerprint density at radius 2 is 1.95 bits per heavy atom. The van der Waals surface area contributed by atoms with Gasteiger partial charge in [0.15, 0.2) is 11.6 Å². The number of hydrogen-bond acceptors (Lipinski definition) is 2. The molecule has 0 amide bonds. The van der Waals surface area contributed by atoms with Crippen molar-refractivity contribution < 1.29 is 14.2 Å². The Morgan fingerprint density at radius 1 is 1.20 bits per heavy atom. The van der Waals surface area contributed by atoms with Crippen LogP contribution in [0.25, 0.3) is 0 Å². The van der Waals surface area contributed by atoms with Crippen LogP contribution >= 0.6 is 23.2 Å². The molecule has 0 aliphatic heterocycles. The average Bonchev–Trinajstić information content (AvgIpc) is 2.38. The highest BCUT2D eigenvalue weighted by Crippen LogP contribution is 2.25. The molecule has 0 saturated carbocycles. The third kappa shape index (κ3) is 3.63. The van der Waals surface area contributed by atoms with Crippen LogP contribution in [-0.2, 0) is 6.61 Å². The van der Waals surface area contributed by atoms with Crippen molar-refractivity contribution in [3.05, 3.63) is 63.4 Å². The Labute approximate surface area is 126 Å². The molecule has 1 atom stereocenters. The molecular formula is C15H13Cl2FO2. The van der Waals surface area contributed by atoms with Gasteiger partial charge in [0.2, 0.25) is 0 Å². The number of halogens is 3. The predicted octanol–water partition coefficient (Wildman–Crippen LogP) is 4.76. The van der Waals surface area contributed by atoms with Gasteiger partial charge in [0.25, 0.3) is 0 Å². The Hall–Kier alpha value is -1.29. The molecule has 0 radical (unpaired) electrons. The average molecular weight is 315 g/mol. The molecule has 0 bridgehead atoms. The first-order valence-corrected chi connectivity index (χ1v) is 6.77. The zero-order valence-corrected chi connectivity index (χ0v) is 12.2.